The van der Waals surface area contributed by atoms with Crippen molar-refractivity contribution in [3.63, 3.8) is 0 Å². The van der Waals surface area contributed by atoms with Crippen molar-refractivity contribution in [2.75, 3.05) is 0 Å². The number of aryl methyl sites for hydroxylation is 2. The first-order chi connectivity index (χ1) is 15.8. The first kappa shape index (κ1) is 20.7. The van der Waals surface area contributed by atoms with E-state index in [2.05, 4.69) is 16.0 Å². The Morgan fingerprint density at radius 1 is 0.848 bits per heavy atom. The molecule has 3 aromatic carbocycles. The molecule has 0 atom stereocenters. The summed E-state index contributed by atoms with van der Waals surface area (Å²) in [5.41, 5.74) is 3.50. The summed E-state index contributed by atoms with van der Waals surface area (Å²) >= 11 is 0. The van der Waals surface area contributed by atoms with Crippen molar-refractivity contribution in [3.8, 4) is 23.0 Å². The van der Waals surface area contributed by atoms with Crippen LogP contribution in [0.15, 0.2) is 66.7 Å². The predicted octanol–water partition coefficient (Wildman–Crippen LogP) is 6.75. The highest BCUT2D eigenvalue weighted by Gasteiger charge is 2.31. The second-order valence-corrected chi connectivity index (χ2v) is 7.87. The lowest BCUT2D eigenvalue weighted by molar-refractivity contribution is -0.137. The number of alkyl halides is 3. The van der Waals surface area contributed by atoms with E-state index in [4.69, 9.17) is 0 Å². The molecule has 5 aromatic rings. The minimum absolute atomic E-state index is 0.397. The van der Waals surface area contributed by atoms with Crippen LogP contribution in [0.2, 0.25) is 0 Å². The molecule has 0 saturated heterocycles. The maximum absolute atomic E-state index is 13.6. The summed E-state index contributed by atoms with van der Waals surface area (Å²) in [7, 11) is 0. The van der Waals surface area contributed by atoms with Crippen LogP contribution in [0.3, 0.4) is 0 Å². The normalized spacial score (nSPS) is 11.8. The maximum atomic E-state index is 13.6. The molecule has 0 bridgehead atoms. The number of aromatic nitrogens is 3. The first-order valence-electron chi connectivity index (χ1n) is 10.2. The van der Waals surface area contributed by atoms with Gasteiger partial charge in [-0.1, -0.05) is 24.3 Å². The molecule has 0 radical (unpaired) electrons. The van der Waals surface area contributed by atoms with Gasteiger partial charge in [0, 0.05) is 22.0 Å². The van der Waals surface area contributed by atoms with Gasteiger partial charge in [0.2, 0.25) is 0 Å². The van der Waals surface area contributed by atoms with E-state index in [1.807, 2.05) is 37.3 Å². The van der Waals surface area contributed by atoms with Crippen LogP contribution >= 0.6 is 0 Å². The van der Waals surface area contributed by atoms with Gasteiger partial charge in [-0.2, -0.15) is 18.4 Å². The first-order valence-corrected chi connectivity index (χ1v) is 10.2. The van der Waals surface area contributed by atoms with Gasteiger partial charge in [-0.25, -0.2) is 9.97 Å². The van der Waals surface area contributed by atoms with E-state index < -0.39 is 11.7 Å². The largest absolute Gasteiger partial charge is 0.416 e. The molecule has 0 spiro atoms. The van der Waals surface area contributed by atoms with Crippen molar-refractivity contribution < 1.29 is 13.2 Å². The lowest BCUT2D eigenvalue weighted by Gasteiger charge is -2.15. The van der Waals surface area contributed by atoms with Crippen LogP contribution in [0.5, 0.6) is 0 Å². The number of para-hydroxylation sites is 1. The molecule has 0 amide bonds. The van der Waals surface area contributed by atoms with Gasteiger partial charge in [-0.05, 0) is 56.3 Å². The fourth-order valence-corrected chi connectivity index (χ4v) is 4.26. The molecule has 5 rings (SSSR count). The van der Waals surface area contributed by atoms with Crippen molar-refractivity contribution >= 4 is 21.8 Å². The van der Waals surface area contributed by atoms with Crippen molar-refractivity contribution in [3.05, 3.63) is 89.4 Å². The van der Waals surface area contributed by atoms with Crippen LogP contribution in [0, 0.1) is 25.2 Å². The van der Waals surface area contributed by atoms with Crippen LogP contribution in [-0.2, 0) is 6.18 Å². The summed E-state index contributed by atoms with van der Waals surface area (Å²) in [5, 5.41) is 11.1. The van der Waals surface area contributed by atoms with Gasteiger partial charge < -0.3 is 4.57 Å². The summed E-state index contributed by atoms with van der Waals surface area (Å²) < 4.78 is 42.5. The Morgan fingerprint density at radius 2 is 1.61 bits per heavy atom. The summed E-state index contributed by atoms with van der Waals surface area (Å²) in [6.07, 6.45) is -4.48. The lowest BCUT2D eigenvalue weighted by Crippen LogP contribution is -2.05. The van der Waals surface area contributed by atoms with Crippen molar-refractivity contribution in [1.29, 1.82) is 5.26 Å². The molecular formula is C26H17F3N4. The molecule has 162 valence electrons. The molecule has 0 N–H and O–H groups in total. The van der Waals surface area contributed by atoms with E-state index in [1.165, 1.54) is 6.07 Å². The van der Waals surface area contributed by atoms with E-state index >= 15 is 0 Å². The molecule has 33 heavy (non-hydrogen) atoms. The van der Waals surface area contributed by atoms with E-state index in [1.54, 1.807) is 29.7 Å². The van der Waals surface area contributed by atoms with Crippen molar-refractivity contribution in [1.82, 2.24) is 14.5 Å². The topological polar surface area (TPSA) is 54.5 Å². The number of hydrogen-bond acceptors (Lipinski definition) is 3. The Hall–Kier alpha value is -4.18. The second-order valence-electron chi connectivity index (χ2n) is 7.87. The molecule has 2 aromatic heterocycles. The summed E-state index contributed by atoms with van der Waals surface area (Å²) in [6, 6.07) is 20.3. The zero-order valence-corrected chi connectivity index (χ0v) is 17.8. The number of halogens is 3. The number of nitrogens with zero attached hydrogens (tertiary/aromatic N) is 4. The third kappa shape index (κ3) is 3.50. The minimum atomic E-state index is -4.48. The molecule has 0 aliphatic carbocycles. The summed E-state index contributed by atoms with van der Waals surface area (Å²) in [6.45, 7) is 3.65. The highest BCUT2D eigenvalue weighted by molar-refractivity contribution is 6.10. The smallest absolute Gasteiger partial charge is 0.309 e. The average molecular weight is 442 g/mol. The molecule has 2 heterocycles. The zero-order valence-electron chi connectivity index (χ0n) is 17.8. The molecule has 7 heteroatoms. The van der Waals surface area contributed by atoms with Crippen LogP contribution in [0.25, 0.3) is 38.8 Å². The monoisotopic (exact) mass is 442 g/mol. The van der Waals surface area contributed by atoms with E-state index in [0.29, 0.717) is 39.2 Å². The highest BCUT2D eigenvalue weighted by atomic mass is 19.4. The number of rotatable bonds is 2. The Labute approximate surface area is 187 Å². The molecule has 0 unspecified atom stereocenters. The Balaban J connectivity index is 1.93. The van der Waals surface area contributed by atoms with Gasteiger partial charge >= 0.3 is 6.18 Å². The van der Waals surface area contributed by atoms with Crippen LogP contribution in [0.4, 0.5) is 13.2 Å². The summed E-state index contributed by atoms with van der Waals surface area (Å²) in [4.78, 5) is 8.89. The SMILES string of the molecule is Cc1cc(-c2ccc(C#N)cc2-n2c3ccccc3c3ccc(C(F)(F)F)cc32)nc(C)n1. The van der Waals surface area contributed by atoms with Gasteiger partial charge in [-0.15, -0.1) is 0 Å². The molecule has 0 aliphatic heterocycles. The van der Waals surface area contributed by atoms with E-state index in [-0.39, 0.29) is 0 Å². The molecule has 0 saturated carbocycles. The quantitative estimate of drug-likeness (QED) is 0.304. The molecule has 0 aliphatic rings. The van der Waals surface area contributed by atoms with Gasteiger partial charge in [0.1, 0.15) is 5.82 Å². The Morgan fingerprint density at radius 3 is 2.33 bits per heavy atom. The maximum Gasteiger partial charge on any atom is 0.416 e. The molecule has 0 fully saturated rings. The van der Waals surface area contributed by atoms with Crippen molar-refractivity contribution in [2.45, 2.75) is 20.0 Å². The molecular weight excluding hydrogens is 425 g/mol. The summed E-state index contributed by atoms with van der Waals surface area (Å²) in [5.74, 6) is 0.585. The number of hydrogen-bond donors (Lipinski definition) is 0. The Kier molecular flexibility index (Phi) is 4.68. The fraction of sp³-hybridized carbons (Fsp3) is 0.115. The van der Waals surface area contributed by atoms with Crippen LogP contribution in [-0.4, -0.2) is 14.5 Å². The number of fused-ring (bicyclic) bond motifs is 3. The third-order valence-electron chi connectivity index (χ3n) is 5.61. The Bertz CT molecular complexity index is 1570. The lowest BCUT2D eigenvalue weighted by atomic mass is 10.0. The number of nitriles is 1. The second kappa shape index (κ2) is 7.45. The van der Waals surface area contributed by atoms with Crippen molar-refractivity contribution in [2.24, 2.45) is 0 Å². The van der Waals surface area contributed by atoms with Crippen LogP contribution in [0.1, 0.15) is 22.6 Å². The van der Waals surface area contributed by atoms with E-state index in [0.717, 1.165) is 28.7 Å². The minimum Gasteiger partial charge on any atom is -0.309 e. The van der Waals surface area contributed by atoms with Gasteiger partial charge in [0.25, 0.3) is 0 Å². The number of benzene rings is 3. The van der Waals surface area contributed by atoms with Gasteiger partial charge in [0.15, 0.2) is 0 Å². The van der Waals surface area contributed by atoms with Gasteiger partial charge in [-0.3, -0.25) is 0 Å². The zero-order chi connectivity index (χ0) is 23.3. The molecule has 4 nitrogen and oxygen atoms in total. The predicted molar refractivity (Wildman–Crippen MR) is 121 cm³/mol. The highest BCUT2D eigenvalue weighted by Crippen LogP contribution is 2.39. The van der Waals surface area contributed by atoms with E-state index in [9.17, 15) is 18.4 Å². The fourth-order valence-electron chi connectivity index (χ4n) is 4.26. The van der Waals surface area contributed by atoms with Crippen LogP contribution < -0.4 is 0 Å². The average Bonchev–Trinajstić information content (AvgIpc) is 3.11. The standard InChI is InChI=1S/C26H17F3N4/c1-15-11-22(32-16(2)31-15)21-9-7-17(14-30)12-24(21)33-23-6-4-3-5-19(23)20-10-8-18(13-25(20)33)26(27,28)29/h3-13H,1-2H3. The van der Waals surface area contributed by atoms with Gasteiger partial charge in [0.05, 0.1) is 39.6 Å². The third-order valence-corrected chi connectivity index (χ3v) is 5.61.